The van der Waals surface area contributed by atoms with Gasteiger partial charge in [-0.25, -0.2) is 0 Å². The van der Waals surface area contributed by atoms with Crippen LogP contribution in [0.4, 0.5) is 0 Å². The molecule has 0 aliphatic rings. The highest BCUT2D eigenvalue weighted by atomic mass is 16.4. The Morgan fingerprint density at radius 2 is 1.73 bits per heavy atom. The molecule has 0 aliphatic heterocycles. The SMILES string of the molecule is CCN(CC)CC(=O)O.NN. The van der Waals surface area contributed by atoms with E-state index in [1.807, 2.05) is 18.7 Å². The monoisotopic (exact) mass is 163 g/mol. The Balaban J connectivity index is 0. The normalized spacial score (nSPS) is 8.82. The number of rotatable bonds is 4. The smallest absolute Gasteiger partial charge is 0.317 e. The van der Waals surface area contributed by atoms with Gasteiger partial charge in [-0.1, -0.05) is 13.8 Å². The molecule has 0 heterocycles. The third-order valence-corrected chi connectivity index (χ3v) is 1.25. The molecular formula is C6H17N3O2. The van der Waals surface area contributed by atoms with Crippen LogP contribution in [0.3, 0.4) is 0 Å². The molecule has 0 radical (unpaired) electrons. The maximum atomic E-state index is 10.1. The van der Waals surface area contributed by atoms with Gasteiger partial charge in [-0.2, -0.15) is 0 Å². The summed E-state index contributed by atoms with van der Waals surface area (Å²) in [5.74, 6) is 7.25. The zero-order valence-electron chi connectivity index (χ0n) is 7.08. The van der Waals surface area contributed by atoms with Gasteiger partial charge in [-0.3, -0.25) is 21.4 Å². The molecule has 0 saturated heterocycles. The zero-order valence-corrected chi connectivity index (χ0v) is 7.08. The van der Waals surface area contributed by atoms with Gasteiger partial charge in [0.25, 0.3) is 0 Å². The molecule has 0 aromatic carbocycles. The Bertz CT molecular complexity index is 93.8. The largest absolute Gasteiger partial charge is 0.480 e. The number of hydrazine groups is 1. The standard InChI is InChI=1S/C6H13NO2.H4N2/c1-3-7(4-2)5-6(8)9;1-2/h3-5H2,1-2H3,(H,8,9);1-2H2. The molecule has 0 fully saturated rings. The van der Waals surface area contributed by atoms with Crippen molar-refractivity contribution in [2.45, 2.75) is 13.8 Å². The first kappa shape index (κ1) is 13.0. The van der Waals surface area contributed by atoms with Crippen LogP contribution in [0.2, 0.25) is 0 Å². The van der Waals surface area contributed by atoms with Crippen molar-refractivity contribution >= 4 is 5.97 Å². The van der Waals surface area contributed by atoms with Crippen molar-refractivity contribution in [3.8, 4) is 0 Å². The molecule has 0 rings (SSSR count). The summed E-state index contributed by atoms with van der Waals surface area (Å²) in [6.07, 6.45) is 0. The number of hydrogen-bond acceptors (Lipinski definition) is 4. The van der Waals surface area contributed by atoms with E-state index < -0.39 is 5.97 Å². The van der Waals surface area contributed by atoms with E-state index in [0.717, 1.165) is 13.1 Å². The van der Waals surface area contributed by atoms with E-state index in [4.69, 9.17) is 5.11 Å². The van der Waals surface area contributed by atoms with Gasteiger partial charge < -0.3 is 5.11 Å². The topological polar surface area (TPSA) is 92.6 Å². The lowest BCUT2D eigenvalue weighted by Gasteiger charge is -2.13. The van der Waals surface area contributed by atoms with Crippen molar-refractivity contribution in [2.75, 3.05) is 19.6 Å². The molecule has 0 spiro atoms. The van der Waals surface area contributed by atoms with Gasteiger partial charge in [0.1, 0.15) is 0 Å². The van der Waals surface area contributed by atoms with E-state index in [1.54, 1.807) is 0 Å². The lowest BCUT2D eigenvalue weighted by atomic mass is 10.5. The van der Waals surface area contributed by atoms with Crippen molar-refractivity contribution in [1.29, 1.82) is 0 Å². The summed E-state index contributed by atoms with van der Waals surface area (Å²) >= 11 is 0. The lowest BCUT2D eigenvalue weighted by Crippen LogP contribution is -2.29. The van der Waals surface area contributed by atoms with E-state index in [-0.39, 0.29) is 6.54 Å². The van der Waals surface area contributed by atoms with Crippen LogP contribution in [0.25, 0.3) is 0 Å². The third-order valence-electron chi connectivity index (χ3n) is 1.25. The molecule has 11 heavy (non-hydrogen) atoms. The summed E-state index contributed by atoms with van der Waals surface area (Å²) in [5, 5.41) is 8.30. The van der Waals surface area contributed by atoms with Gasteiger partial charge in [0.15, 0.2) is 0 Å². The van der Waals surface area contributed by atoms with Crippen LogP contribution in [0.15, 0.2) is 0 Å². The number of hydrogen-bond donors (Lipinski definition) is 3. The Hall–Kier alpha value is -0.650. The van der Waals surface area contributed by atoms with Crippen LogP contribution in [0.1, 0.15) is 13.8 Å². The fraction of sp³-hybridized carbons (Fsp3) is 0.833. The van der Waals surface area contributed by atoms with Gasteiger partial charge in [-0.05, 0) is 13.1 Å². The second-order valence-electron chi connectivity index (χ2n) is 1.86. The molecule has 5 nitrogen and oxygen atoms in total. The third kappa shape index (κ3) is 9.35. The van der Waals surface area contributed by atoms with Crippen molar-refractivity contribution in [1.82, 2.24) is 4.90 Å². The van der Waals surface area contributed by atoms with Gasteiger partial charge in [-0.15, -0.1) is 0 Å². The van der Waals surface area contributed by atoms with Gasteiger partial charge in [0.05, 0.1) is 6.54 Å². The van der Waals surface area contributed by atoms with E-state index in [2.05, 4.69) is 11.7 Å². The average molecular weight is 163 g/mol. The van der Waals surface area contributed by atoms with Crippen LogP contribution < -0.4 is 11.7 Å². The second-order valence-corrected chi connectivity index (χ2v) is 1.86. The molecule has 0 bridgehead atoms. The molecule has 0 amide bonds. The molecule has 0 aromatic heterocycles. The first-order valence-corrected chi connectivity index (χ1v) is 3.48. The van der Waals surface area contributed by atoms with Crippen molar-refractivity contribution in [2.24, 2.45) is 11.7 Å². The highest BCUT2D eigenvalue weighted by molar-refractivity contribution is 5.69. The fourth-order valence-corrected chi connectivity index (χ4v) is 0.639. The number of carbonyl (C=O) groups is 1. The number of nitrogens with zero attached hydrogens (tertiary/aromatic N) is 1. The summed E-state index contributed by atoms with van der Waals surface area (Å²) in [4.78, 5) is 11.9. The van der Waals surface area contributed by atoms with Gasteiger partial charge >= 0.3 is 5.97 Å². The molecule has 0 aliphatic carbocycles. The van der Waals surface area contributed by atoms with E-state index in [1.165, 1.54) is 0 Å². The molecule has 0 unspecified atom stereocenters. The number of carboxylic acid groups (broad SMARTS) is 1. The Kier molecular flexibility index (Phi) is 11.0. The minimum absolute atomic E-state index is 0.160. The van der Waals surface area contributed by atoms with E-state index in [9.17, 15) is 4.79 Å². The average Bonchev–Trinajstić information content (AvgIpc) is 2.03. The predicted octanol–water partition coefficient (Wildman–Crippen LogP) is -0.768. The Morgan fingerprint density at radius 1 is 1.36 bits per heavy atom. The summed E-state index contributed by atoms with van der Waals surface area (Å²) in [6.45, 7) is 5.68. The van der Waals surface area contributed by atoms with Crippen LogP contribution in [-0.4, -0.2) is 35.6 Å². The molecule has 0 atom stereocenters. The molecule has 68 valence electrons. The molecule has 5 N–H and O–H groups in total. The number of likely N-dealkylation sites (N-methyl/N-ethyl adjacent to an activating group) is 1. The van der Waals surface area contributed by atoms with E-state index >= 15 is 0 Å². The second kappa shape index (κ2) is 9.35. The van der Waals surface area contributed by atoms with Crippen molar-refractivity contribution in [3.63, 3.8) is 0 Å². The maximum absolute atomic E-state index is 10.1. The number of carboxylic acids is 1. The van der Waals surface area contributed by atoms with Crippen LogP contribution in [0.5, 0.6) is 0 Å². The highest BCUT2D eigenvalue weighted by Crippen LogP contribution is 1.84. The summed E-state index contributed by atoms with van der Waals surface area (Å²) in [6, 6.07) is 0. The summed E-state index contributed by atoms with van der Waals surface area (Å²) in [5.41, 5.74) is 0. The summed E-state index contributed by atoms with van der Waals surface area (Å²) in [7, 11) is 0. The van der Waals surface area contributed by atoms with E-state index in [0.29, 0.717) is 0 Å². The van der Waals surface area contributed by atoms with Gasteiger partial charge in [0.2, 0.25) is 0 Å². The summed E-state index contributed by atoms with van der Waals surface area (Å²) < 4.78 is 0. The number of nitrogens with two attached hydrogens (primary N) is 2. The first-order valence-electron chi connectivity index (χ1n) is 3.48. The van der Waals surface area contributed by atoms with Crippen LogP contribution in [-0.2, 0) is 4.79 Å². The first-order chi connectivity index (χ1) is 5.20. The number of aliphatic carboxylic acids is 1. The van der Waals surface area contributed by atoms with Crippen molar-refractivity contribution < 1.29 is 9.90 Å². The Morgan fingerprint density at radius 3 is 1.82 bits per heavy atom. The van der Waals surface area contributed by atoms with Gasteiger partial charge in [0, 0.05) is 0 Å². The molecule has 0 aromatic rings. The quantitative estimate of drug-likeness (QED) is 0.374. The molecule has 0 saturated carbocycles. The maximum Gasteiger partial charge on any atom is 0.317 e. The minimum atomic E-state index is -0.751. The predicted molar refractivity (Wildman–Crippen MR) is 43.8 cm³/mol. The van der Waals surface area contributed by atoms with Crippen LogP contribution in [0, 0.1) is 0 Å². The Labute approximate surface area is 66.9 Å². The lowest BCUT2D eigenvalue weighted by molar-refractivity contribution is -0.138. The zero-order chi connectivity index (χ0) is 9.28. The molecule has 5 heteroatoms. The minimum Gasteiger partial charge on any atom is -0.480 e. The van der Waals surface area contributed by atoms with Crippen molar-refractivity contribution in [3.05, 3.63) is 0 Å². The molecular weight excluding hydrogens is 146 g/mol. The van der Waals surface area contributed by atoms with Crippen LogP contribution >= 0.6 is 0 Å². The fourth-order valence-electron chi connectivity index (χ4n) is 0.639. The highest BCUT2D eigenvalue weighted by Gasteiger charge is 2.02.